The monoisotopic (exact) mass is 398 g/mol. The average Bonchev–Trinajstić information content (AvgIpc) is 2.62. The number of carbonyl (C=O) groups excluding carboxylic acids is 1. The van der Waals surface area contributed by atoms with Gasteiger partial charge in [-0.25, -0.2) is 9.97 Å². The van der Waals surface area contributed by atoms with Gasteiger partial charge < -0.3 is 10.2 Å². The molecular formula is C22H30N4OS. The number of benzene rings is 1. The topological polar surface area (TPSA) is 58.1 Å². The van der Waals surface area contributed by atoms with E-state index in [4.69, 9.17) is 0 Å². The van der Waals surface area contributed by atoms with Crippen molar-refractivity contribution in [3.8, 4) is 0 Å². The van der Waals surface area contributed by atoms with E-state index in [0.717, 1.165) is 40.7 Å². The molecule has 0 bridgehead atoms. The summed E-state index contributed by atoms with van der Waals surface area (Å²) in [6, 6.07) is 6.19. The molecule has 6 heteroatoms. The highest BCUT2D eigenvalue weighted by atomic mass is 32.2. The summed E-state index contributed by atoms with van der Waals surface area (Å²) in [4.78, 5) is 23.6. The van der Waals surface area contributed by atoms with Crippen LogP contribution < -0.4 is 10.2 Å². The Morgan fingerprint density at radius 1 is 1.11 bits per heavy atom. The van der Waals surface area contributed by atoms with Crippen LogP contribution in [-0.4, -0.2) is 34.7 Å². The molecule has 1 amide bonds. The van der Waals surface area contributed by atoms with E-state index in [0.29, 0.717) is 17.6 Å². The van der Waals surface area contributed by atoms with Crippen molar-refractivity contribution in [2.45, 2.75) is 46.1 Å². The van der Waals surface area contributed by atoms with Crippen molar-refractivity contribution in [2.75, 3.05) is 29.1 Å². The smallest absolute Gasteiger partial charge is 0.234 e. The number of amides is 1. The van der Waals surface area contributed by atoms with E-state index in [-0.39, 0.29) is 5.91 Å². The average molecular weight is 399 g/mol. The molecule has 28 heavy (non-hydrogen) atoms. The summed E-state index contributed by atoms with van der Waals surface area (Å²) < 4.78 is 0. The number of aromatic nitrogens is 2. The van der Waals surface area contributed by atoms with Crippen molar-refractivity contribution in [1.82, 2.24) is 9.97 Å². The van der Waals surface area contributed by atoms with Gasteiger partial charge in [-0.2, -0.15) is 0 Å². The van der Waals surface area contributed by atoms with Crippen LogP contribution in [0.3, 0.4) is 0 Å². The van der Waals surface area contributed by atoms with Gasteiger partial charge in [0, 0.05) is 24.8 Å². The lowest BCUT2D eigenvalue weighted by atomic mass is 9.92. The molecule has 1 aromatic heterocycles. The number of thioether (sulfide) groups is 1. The van der Waals surface area contributed by atoms with Crippen LogP contribution in [0.2, 0.25) is 0 Å². The van der Waals surface area contributed by atoms with Crippen molar-refractivity contribution in [2.24, 2.45) is 11.8 Å². The predicted octanol–water partition coefficient (Wildman–Crippen LogP) is 4.61. The van der Waals surface area contributed by atoms with Crippen molar-refractivity contribution in [3.05, 3.63) is 41.2 Å². The van der Waals surface area contributed by atoms with Gasteiger partial charge in [0.05, 0.1) is 5.75 Å². The molecule has 2 heterocycles. The van der Waals surface area contributed by atoms with Gasteiger partial charge in [-0.3, -0.25) is 4.79 Å². The lowest BCUT2D eigenvalue weighted by molar-refractivity contribution is -0.113. The van der Waals surface area contributed by atoms with E-state index in [1.165, 1.54) is 23.7 Å². The first-order valence-corrected chi connectivity index (χ1v) is 10.9. The zero-order chi connectivity index (χ0) is 20.3. The summed E-state index contributed by atoms with van der Waals surface area (Å²) >= 11 is 1.45. The Balaban J connectivity index is 1.61. The number of nitrogens with one attached hydrogen (secondary N) is 1. The molecule has 5 nitrogen and oxygen atoms in total. The first kappa shape index (κ1) is 20.6. The third kappa shape index (κ3) is 5.25. The van der Waals surface area contributed by atoms with Crippen molar-refractivity contribution < 1.29 is 4.79 Å². The second-order valence-electron chi connectivity index (χ2n) is 8.18. The summed E-state index contributed by atoms with van der Waals surface area (Å²) in [5.41, 5.74) is 4.30. The number of rotatable bonds is 5. The van der Waals surface area contributed by atoms with Crippen LogP contribution >= 0.6 is 11.8 Å². The predicted molar refractivity (Wildman–Crippen MR) is 117 cm³/mol. The number of nitrogens with zero attached hydrogens (tertiary/aromatic N) is 3. The third-order valence-corrected chi connectivity index (χ3v) is 6.04. The highest BCUT2D eigenvalue weighted by Crippen LogP contribution is 2.27. The fraction of sp³-hybridized carbons (Fsp3) is 0.500. The molecule has 1 saturated heterocycles. The number of carbonyl (C=O) groups is 1. The van der Waals surface area contributed by atoms with Crippen LogP contribution in [0.15, 0.2) is 29.6 Å². The van der Waals surface area contributed by atoms with Gasteiger partial charge in [0.15, 0.2) is 0 Å². The van der Waals surface area contributed by atoms with Crippen LogP contribution in [0.4, 0.5) is 11.5 Å². The minimum Gasteiger partial charge on any atom is -0.356 e. The Labute approximate surface area is 172 Å². The SMILES string of the molecule is Cc1cc(C)c(NC(=O)CSc2cc(N3C[C@@H](C)C[C@H](C)C3)ncn2)c(C)c1. The summed E-state index contributed by atoms with van der Waals surface area (Å²) in [6.45, 7) is 12.8. The van der Waals surface area contributed by atoms with Gasteiger partial charge in [-0.1, -0.05) is 43.3 Å². The van der Waals surface area contributed by atoms with Crippen molar-refractivity contribution in [1.29, 1.82) is 0 Å². The first-order chi connectivity index (χ1) is 13.3. The van der Waals surface area contributed by atoms with E-state index in [2.05, 4.69) is 53.1 Å². The van der Waals surface area contributed by atoms with E-state index < -0.39 is 0 Å². The molecule has 2 aromatic rings. The summed E-state index contributed by atoms with van der Waals surface area (Å²) in [7, 11) is 0. The van der Waals surface area contributed by atoms with Gasteiger partial charge in [-0.15, -0.1) is 0 Å². The molecule has 1 fully saturated rings. The molecule has 0 unspecified atom stereocenters. The number of hydrogen-bond donors (Lipinski definition) is 1. The summed E-state index contributed by atoms with van der Waals surface area (Å²) in [5.74, 6) is 2.61. The fourth-order valence-electron chi connectivity index (χ4n) is 4.12. The van der Waals surface area contributed by atoms with Gasteiger partial charge in [0.1, 0.15) is 17.2 Å². The van der Waals surface area contributed by atoms with Crippen LogP contribution in [0.1, 0.15) is 37.0 Å². The second-order valence-corrected chi connectivity index (χ2v) is 9.17. The summed E-state index contributed by atoms with van der Waals surface area (Å²) in [6.07, 6.45) is 2.87. The molecule has 0 saturated carbocycles. The highest BCUT2D eigenvalue weighted by Gasteiger charge is 2.23. The Kier molecular flexibility index (Phi) is 6.60. The largest absolute Gasteiger partial charge is 0.356 e. The molecule has 1 N–H and O–H groups in total. The maximum atomic E-state index is 12.5. The van der Waals surface area contributed by atoms with Crippen LogP contribution in [0.25, 0.3) is 0 Å². The van der Waals surface area contributed by atoms with Crippen LogP contribution in [-0.2, 0) is 4.79 Å². The number of aryl methyl sites for hydroxylation is 3. The Hall–Kier alpha value is -2.08. The molecule has 150 valence electrons. The molecule has 0 radical (unpaired) electrons. The quantitative estimate of drug-likeness (QED) is 0.588. The van der Waals surface area contributed by atoms with E-state index in [1.807, 2.05) is 19.9 Å². The molecule has 0 spiro atoms. The first-order valence-electron chi connectivity index (χ1n) is 9.89. The van der Waals surface area contributed by atoms with E-state index >= 15 is 0 Å². The number of piperidine rings is 1. The molecule has 1 aliphatic rings. The van der Waals surface area contributed by atoms with Crippen molar-refractivity contribution in [3.63, 3.8) is 0 Å². The zero-order valence-corrected chi connectivity index (χ0v) is 18.3. The standard InChI is InChI=1S/C22H30N4OS/c1-14-7-17(4)22(18(5)8-14)25-20(27)12-28-21-9-19(23-13-24-21)26-10-15(2)6-16(3)11-26/h7-9,13,15-16H,6,10-12H2,1-5H3,(H,25,27)/t15-,16-/m0/s1. The van der Waals surface area contributed by atoms with E-state index in [9.17, 15) is 4.79 Å². The number of anilines is 2. The minimum atomic E-state index is -0.0135. The molecule has 3 rings (SSSR count). The molecule has 0 aliphatic carbocycles. The van der Waals surface area contributed by atoms with Crippen LogP contribution in [0.5, 0.6) is 0 Å². The molecule has 1 aromatic carbocycles. The van der Waals surface area contributed by atoms with Crippen LogP contribution in [0, 0.1) is 32.6 Å². The highest BCUT2D eigenvalue weighted by molar-refractivity contribution is 7.99. The van der Waals surface area contributed by atoms with E-state index in [1.54, 1.807) is 6.33 Å². The molecule has 1 aliphatic heterocycles. The maximum Gasteiger partial charge on any atom is 0.234 e. The minimum absolute atomic E-state index is 0.0135. The maximum absolute atomic E-state index is 12.5. The Morgan fingerprint density at radius 3 is 2.39 bits per heavy atom. The third-order valence-electron chi connectivity index (χ3n) is 5.11. The normalized spacial score (nSPS) is 19.5. The lowest BCUT2D eigenvalue weighted by Crippen LogP contribution is -2.39. The van der Waals surface area contributed by atoms with Gasteiger partial charge in [0.25, 0.3) is 0 Å². The summed E-state index contributed by atoms with van der Waals surface area (Å²) in [5, 5.41) is 3.89. The Bertz CT molecular complexity index is 821. The van der Waals surface area contributed by atoms with Gasteiger partial charge in [-0.05, 0) is 50.2 Å². The molecular weight excluding hydrogens is 368 g/mol. The fourth-order valence-corrected chi connectivity index (χ4v) is 4.79. The van der Waals surface area contributed by atoms with Gasteiger partial charge >= 0.3 is 0 Å². The number of hydrogen-bond acceptors (Lipinski definition) is 5. The Morgan fingerprint density at radius 2 is 1.75 bits per heavy atom. The van der Waals surface area contributed by atoms with Gasteiger partial charge in [0.2, 0.25) is 5.91 Å². The zero-order valence-electron chi connectivity index (χ0n) is 17.5. The van der Waals surface area contributed by atoms with Crippen molar-refractivity contribution >= 4 is 29.2 Å². The second kappa shape index (κ2) is 8.95. The molecule has 2 atom stereocenters. The lowest BCUT2D eigenvalue weighted by Gasteiger charge is -2.35.